The van der Waals surface area contributed by atoms with Crippen LogP contribution in [0.25, 0.3) is 0 Å². The molecule has 0 radical (unpaired) electrons. The first-order valence-electron chi connectivity index (χ1n) is 7.26. The van der Waals surface area contributed by atoms with Crippen LogP contribution in [-0.2, 0) is 21.4 Å². The summed E-state index contributed by atoms with van der Waals surface area (Å²) in [7, 11) is -3.41. The Kier molecular flexibility index (Phi) is 5.00. The van der Waals surface area contributed by atoms with E-state index in [0.717, 1.165) is 24.8 Å². The highest BCUT2D eigenvalue weighted by atomic mass is 32.2. The fourth-order valence-corrected chi connectivity index (χ4v) is 4.27. The largest absolute Gasteiger partial charge is 0.352 e. The van der Waals surface area contributed by atoms with Crippen LogP contribution < -0.4 is 5.32 Å². The van der Waals surface area contributed by atoms with Crippen LogP contribution in [0.4, 0.5) is 0 Å². The minimum atomic E-state index is -3.41. The molecular formula is C15H22N2O3S. The molecule has 1 aliphatic rings. The Bertz CT molecular complexity index is 596. The van der Waals surface area contributed by atoms with Crippen molar-refractivity contribution in [3.63, 3.8) is 0 Å². The van der Waals surface area contributed by atoms with Crippen LogP contribution in [-0.4, -0.2) is 31.2 Å². The van der Waals surface area contributed by atoms with E-state index in [0.29, 0.717) is 18.0 Å². The number of piperidine rings is 1. The van der Waals surface area contributed by atoms with Crippen LogP contribution >= 0.6 is 0 Å². The fourth-order valence-electron chi connectivity index (χ4n) is 2.57. The molecule has 0 aliphatic carbocycles. The van der Waals surface area contributed by atoms with Crippen LogP contribution in [0.15, 0.2) is 29.2 Å². The lowest BCUT2D eigenvalue weighted by molar-refractivity contribution is -0.119. The lowest BCUT2D eigenvalue weighted by Crippen LogP contribution is -2.41. The zero-order valence-corrected chi connectivity index (χ0v) is 13.3. The quantitative estimate of drug-likeness (QED) is 0.923. The highest BCUT2D eigenvalue weighted by Crippen LogP contribution is 2.25. The van der Waals surface area contributed by atoms with Gasteiger partial charge in [0.1, 0.15) is 0 Å². The summed E-state index contributed by atoms with van der Waals surface area (Å²) in [6.45, 7) is 4.42. The Balaban J connectivity index is 2.14. The second kappa shape index (κ2) is 6.58. The number of sulfonamides is 1. The first-order valence-corrected chi connectivity index (χ1v) is 8.70. The standard InChI is InChI=1S/C15H22N2O3S/c1-12-5-3-4-10-17(12)21(19,20)15-8-6-14(7-9-15)11-16-13(2)18/h6-9,12H,3-5,10-11H2,1-2H3,(H,16,18). The van der Waals surface area contributed by atoms with Crippen LogP contribution in [0.1, 0.15) is 38.7 Å². The molecule has 0 bridgehead atoms. The molecule has 0 aromatic heterocycles. The predicted octanol–water partition coefficient (Wildman–Crippen LogP) is 1.89. The van der Waals surface area contributed by atoms with Crippen molar-refractivity contribution >= 4 is 15.9 Å². The Hall–Kier alpha value is -1.40. The van der Waals surface area contributed by atoms with E-state index in [9.17, 15) is 13.2 Å². The minimum absolute atomic E-state index is 0.0582. The zero-order chi connectivity index (χ0) is 15.5. The van der Waals surface area contributed by atoms with Gasteiger partial charge in [-0.1, -0.05) is 18.6 Å². The smallest absolute Gasteiger partial charge is 0.243 e. The molecule has 2 rings (SSSR count). The number of carbonyl (C=O) groups excluding carboxylic acids is 1. The molecule has 1 heterocycles. The minimum Gasteiger partial charge on any atom is -0.352 e. The van der Waals surface area contributed by atoms with Crippen molar-refractivity contribution in [3.8, 4) is 0 Å². The van der Waals surface area contributed by atoms with E-state index >= 15 is 0 Å². The molecule has 1 aromatic rings. The van der Waals surface area contributed by atoms with Gasteiger partial charge >= 0.3 is 0 Å². The first-order chi connectivity index (χ1) is 9.91. The molecule has 5 nitrogen and oxygen atoms in total. The molecule has 21 heavy (non-hydrogen) atoms. The number of hydrogen-bond acceptors (Lipinski definition) is 3. The van der Waals surface area contributed by atoms with Gasteiger partial charge in [-0.05, 0) is 37.5 Å². The second-order valence-corrected chi connectivity index (χ2v) is 7.40. The number of benzene rings is 1. The van der Waals surface area contributed by atoms with Gasteiger partial charge in [0.2, 0.25) is 15.9 Å². The van der Waals surface area contributed by atoms with E-state index in [1.807, 2.05) is 6.92 Å². The Labute approximate surface area is 126 Å². The molecule has 1 saturated heterocycles. The van der Waals surface area contributed by atoms with Gasteiger partial charge in [0.25, 0.3) is 0 Å². The maximum absolute atomic E-state index is 12.6. The number of hydrogen-bond donors (Lipinski definition) is 1. The monoisotopic (exact) mass is 310 g/mol. The molecule has 1 N–H and O–H groups in total. The summed E-state index contributed by atoms with van der Waals surface area (Å²) in [5, 5.41) is 2.69. The van der Waals surface area contributed by atoms with E-state index in [2.05, 4.69) is 5.32 Å². The van der Waals surface area contributed by atoms with Gasteiger partial charge in [-0.3, -0.25) is 4.79 Å². The van der Waals surface area contributed by atoms with Crippen LogP contribution in [0.3, 0.4) is 0 Å². The van der Waals surface area contributed by atoms with Crippen molar-refractivity contribution < 1.29 is 13.2 Å². The first kappa shape index (κ1) is 16.0. The van der Waals surface area contributed by atoms with E-state index in [4.69, 9.17) is 0 Å². The molecule has 6 heteroatoms. The number of nitrogens with zero attached hydrogens (tertiary/aromatic N) is 1. The van der Waals surface area contributed by atoms with Crippen LogP contribution in [0, 0.1) is 0 Å². The van der Waals surface area contributed by atoms with Gasteiger partial charge < -0.3 is 5.32 Å². The Morgan fingerprint density at radius 2 is 1.95 bits per heavy atom. The lowest BCUT2D eigenvalue weighted by Gasteiger charge is -2.32. The molecule has 1 fully saturated rings. The van der Waals surface area contributed by atoms with Crippen LogP contribution in [0.5, 0.6) is 0 Å². The van der Waals surface area contributed by atoms with Gasteiger partial charge in [-0.2, -0.15) is 4.31 Å². The zero-order valence-electron chi connectivity index (χ0n) is 12.5. The summed E-state index contributed by atoms with van der Waals surface area (Å²) in [5.74, 6) is -0.103. The molecule has 0 saturated carbocycles. The van der Waals surface area contributed by atoms with Crippen molar-refractivity contribution in [3.05, 3.63) is 29.8 Å². The normalized spacial score (nSPS) is 20.2. The predicted molar refractivity (Wildman–Crippen MR) is 81.2 cm³/mol. The average Bonchev–Trinajstić information content (AvgIpc) is 2.46. The molecule has 1 amide bonds. The number of amides is 1. The third-order valence-electron chi connectivity index (χ3n) is 3.81. The second-order valence-electron chi connectivity index (χ2n) is 5.51. The highest BCUT2D eigenvalue weighted by molar-refractivity contribution is 7.89. The van der Waals surface area contributed by atoms with Gasteiger partial charge in [0.05, 0.1) is 4.90 Å². The number of carbonyl (C=O) groups is 1. The maximum Gasteiger partial charge on any atom is 0.243 e. The molecule has 1 unspecified atom stereocenters. The maximum atomic E-state index is 12.6. The van der Waals surface area contributed by atoms with Crippen molar-refractivity contribution in [2.45, 2.75) is 50.6 Å². The van der Waals surface area contributed by atoms with E-state index < -0.39 is 10.0 Å². The third-order valence-corrected chi connectivity index (χ3v) is 5.84. The molecule has 116 valence electrons. The molecule has 0 spiro atoms. The average molecular weight is 310 g/mol. The summed E-state index contributed by atoms with van der Waals surface area (Å²) >= 11 is 0. The van der Waals surface area contributed by atoms with Crippen molar-refractivity contribution in [1.82, 2.24) is 9.62 Å². The topological polar surface area (TPSA) is 66.5 Å². The third kappa shape index (κ3) is 3.83. The van der Waals surface area contributed by atoms with Gasteiger partial charge in [0.15, 0.2) is 0 Å². The Morgan fingerprint density at radius 1 is 1.29 bits per heavy atom. The van der Waals surface area contributed by atoms with Crippen molar-refractivity contribution in [1.29, 1.82) is 0 Å². The van der Waals surface area contributed by atoms with E-state index in [-0.39, 0.29) is 11.9 Å². The molecule has 1 aromatic carbocycles. The number of rotatable bonds is 4. The van der Waals surface area contributed by atoms with Gasteiger partial charge in [0, 0.05) is 26.1 Å². The molecular weight excluding hydrogens is 288 g/mol. The van der Waals surface area contributed by atoms with Crippen molar-refractivity contribution in [2.24, 2.45) is 0 Å². The SMILES string of the molecule is CC(=O)NCc1ccc(S(=O)(=O)N2CCCCC2C)cc1. The van der Waals surface area contributed by atoms with E-state index in [1.165, 1.54) is 6.92 Å². The Morgan fingerprint density at radius 3 is 2.52 bits per heavy atom. The van der Waals surface area contributed by atoms with Crippen molar-refractivity contribution in [2.75, 3.05) is 6.54 Å². The summed E-state index contributed by atoms with van der Waals surface area (Å²) in [6.07, 6.45) is 2.92. The molecule has 1 aliphatic heterocycles. The number of nitrogens with one attached hydrogen (secondary N) is 1. The lowest BCUT2D eigenvalue weighted by atomic mass is 10.1. The summed E-state index contributed by atoms with van der Waals surface area (Å²) in [5.41, 5.74) is 0.885. The summed E-state index contributed by atoms with van der Waals surface area (Å²) in [4.78, 5) is 11.2. The molecule has 1 atom stereocenters. The van der Waals surface area contributed by atoms with Gasteiger partial charge in [-0.15, -0.1) is 0 Å². The van der Waals surface area contributed by atoms with Crippen LogP contribution in [0.2, 0.25) is 0 Å². The highest BCUT2D eigenvalue weighted by Gasteiger charge is 2.30. The van der Waals surface area contributed by atoms with Gasteiger partial charge in [-0.25, -0.2) is 8.42 Å². The fraction of sp³-hybridized carbons (Fsp3) is 0.533. The van der Waals surface area contributed by atoms with E-state index in [1.54, 1.807) is 28.6 Å². The summed E-state index contributed by atoms with van der Waals surface area (Å²) in [6, 6.07) is 6.79. The summed E-state index contributed by atoms with van der Waals surface area (Å²) < 4.78 is 26.9.